The van der Waals surface area contributed by atoms with E-state index < -0.39 is 5.91 Å². The number of ether oxygens (including phenoxy) is 3. The van der Waals surface area contributed by atoms with Gasteiger partial charge in [-0.3, -0.25) is 14.5 Å². The Hall–Kier alpha value is -4.26. The fraction of sp³-hybridized carbons (Fsp3) is 0.154. The van der Waals surface area contributed by atoms with E-state index in [9.17, 15) is 9.59 Å². The highest BCUT2D eigenvalue weighted by molar-refractivity contribution is 6.36. The topological polar surface area (TPSA) is 77.1 Å². The number of nitrogens with zero attached hydrogens (tertiary/aromatic N) is 1. The summed E-state index contributed by atoms with van der Waals surface area (Å²) in [5.74, 6) is 0.830. The fourth-order valence-corrected chi connectivity index (χ4v) is 3.71. The maximum absolute atomic E-state index is 13.5. The average Bonchev–Trinajstić information content (AvgIpc) is 3.08. The molecule has 7 nitrogen and oxygen atoms in total. The van der Waals surface area contributed by atoms with Gasteiger partial charge in [0.25, 0.3) is 11.8 Å². The Labute approximate surface area is 192 Å². The number of methoxy groups -OCH3 is 3. The van der Waals surface area contributed by atoms with Gasteiger partial charge in [0, 0.05) is 11.8 Å². The van der Waals surface area contributed by atoms with E-state index in [1.807, 2.05) is 30.3 Å². The van der Waals surface area contributed by atoms with Gasteiger partial charge in [0.1, 0.15) is 11.4 Å². The molecule has 7 heteroatoms. The molecule has 0 fully saturated rings. The number of imide groups is 1. The number of nitrogens with one attached hydrogen (secondary N) is 1. The van der Waals surface area contributed by atoms with Crippen molar-refractivity contribution in [2.75, 3.05) is 26.6 Å². The van der Waals surface area contributed by atoms with Gasteiger partial charge < -0.3 is 19.5 Å². The van der Waals surface area contributed by atoms with E-state index in [0.717, 1.165) is 5.56 Å². The number of anilines is 1. The normalized spacial score (nSPS) is 13.4. The van der Waals surface area contributed by atoms with E-state index in [1.54, 1.807) is 56.7 Å². The fourth-order valence-electron chi connectivity index (χ4n) is 3.71. The molecule has 1 heterocycles. The Balaban J connectivity index is 1.78. The van der Waals surface area contributed by atoms with Crippen LogP contribution in [0.5, 0.6) is 17.2 Å². The molecule has 0 spiro atoms. The van der Waals surface area contributed by atoms with E-state index in [-0.39, 0.29) is 23.7 Å². The third kappa shape index (κ3) is 4.39. The maximum atomic E-state index is 13.5. The molecule has 0 atom stereocenters. The van der Waals surface area contributed by atoms with Crippen LogP contribution in [-0.4, -0.2) is 38.0 Å². The molecule has 1 N–H and O–H groups in total. The van der Waals surface area contributed by atoms with Crippen molar-refractivity contribution in [2.24, 2.45) is 0 Å². The molecule has 0 saturated carbocycles. The lowest BCUT2D eigenvalue weighted by atomic mass is 10.0. The van der Waals surface area contributed by atoms with Gasteiger partial charge >= 0.3 is 0 Å². The molecule has 4 rings (SSSR count). The minimum atomic E-state index is -0.406. The van der Waals surface area contributed by atoms with E-state index >= 15 is 0 Å². The molecular weight excluding hydrogens is 420 g/mol. The van der Waals surface area contributed by atoms with Crippen molar-refractivity contribution in [2.45, 2.75) is 6.54 Å². The molecule has 33 heavy (non-hydrogen) atoms. The number of benzene rings is 3. The Morgan fingerprint density at radius 3 is 2.21 bits per heavy atom. The third-order valence-corrected chi connectivity index (χ3v) is 5.36. The number of rotatable bonds is 8. The van der Waals surface area contributed by atoms with Crippen molar-refractivity contribution in [3.05, 3.63) is 89.6 Å². The van der Waals surface area contributed by atoms with Gasteiger partial charge in [0.2, 0.25) is 0 Å². The van der Waals surface area contributed by atoms with Crippen LogP contribution in [0.25, 0.3) is 5.57 Å². The van der Waals surface area contributed by atoms with Gasteiger partial charge in [0.15, 0.2) is 11.5 Å². The van der Waals surface area contributed by atoms with Crippen molar-refractivity contribution in [3.8, 4) is 17.2 Å². The molecular formula is C26H24N2O5. The van der Waals surface area contributed by atoms with Crippen LogP contribution in [0.15, 0.2) is 78.5 Å². The van der Waals surface area contributed by atoms with E-state index in [2.05, 4.69) is 5.32 Å². The standard InChI is InChI=1S/C26H24N2O5/c1-31-20-11-7-10-19(15-20)27-24-23(18-12-13-21(32-2)22(14-18)33-3)25(29)28(26(24)30)16-17-8-5-4-6-9-17/h4-15,27H,16H2,1-3H3. The van der Waals surface area contributed by atoms with Crippen LogP contribution in [0.2, 0.25) is 0 Å². The highest BCUT2D eigenvalue weighted by Gasteiger charge is 2.39. The van der Waals surface area contributed by atoms with Gasteiger partial charge in [-0.25, -0.2) is 0 Å². The molecule has 0 aliphatic carbocycles. The van der Waals surface area contributed by atoms with E-state index in [1.165, 1.54) is 12.0 Å². The van der Waals surface area contributed by atoms with Crippen molar-refractivity contribution >= 4 is 23.1 Å². The van der Waals surface area contributed by atoms with Gasteiger partial charge in [-0.15, -0.1) is 0 Å². The summed E-state index contributed by atoms with van der Waals surface area (Å²) in [7, 11) is 4.63. The maximum Gasteiger partial charge on any atom is 0.278 e. The van der Waals surface area contributed by atoms with Crippen LogP contribution in [0.4, 0.5) is 5.69 Å². The second-order valence-corrected chi connectivity index (χ2v) is 7.36. The third-order valence-electron chi connectivity index (χ3n) is 5.36. The minimum Gasteiger partial charge on any atom is -0.497 e. The SMILES string of the molecule is COc1cccc(NC2=C(c3ccc(OC)c(OC)c3)C(=O)N(Cc3ccccc3)C2=O)c1. The smallest absolute Gasteiger partial charge is 0.278 e. The Bertz CT molecular complexity index is 1220. The molecule has 2 amide bonds. The summed E-state index contributed by atoms with van der Waals surface area (Å²) in [6.07, 6.45) is 0. The zero-order chi connectivity index (χ0) is 23.4. The lowest BCUT2D eigenvalue weighted by Crippen LogP contribution is -2.31. The highest BCUT2D eigenvalue weighted by Crippen LogP contribution is 2.36. The molecule has 3 aromatic carbocycles. The van der Waals surface area contributed by atoms with Gasteiger partial charge in [-0.05, 0) is 35.4 Å². The molecule has 1 aliphatic rings. The number of hydrogen-bond acceptors (Lipinski definition) is 6. The Kier molecular flexibility index (Phi) is 6.31. The quantitative estimate of drug-likeness (QED) is 0.527. The second-order valence-electron chi connectivity index (χ2n) is 7.36. The van der Waals surface area contributed by atoms with Crippen LogP contribution in [0, 0.1) is 0 Å². The summed E-state index contributed by atoms with van der Waals surface area (Å²) in [6, 6.07) is 21.7. The summed E-state index contributed by atoms with van der Waals surface area (Å²) in [4.78, 5) is 28.2. The molecule has 168 valence electrons. The van der Waals surface area contributed by atoms with Crippen molar-refractivity contribution in [1.29, 1.82) is 0 Å². The molecule has 1 aliphatic heterocycles. The van der Waals surface area contributed by atoms with Crippen LogP contribution < -0.4 is 19.5 Å². The van der Waals surface area contributed by atoms with Crippen LogP contribution in [-0.2, 0) is 16.1 Å². The Morgan fingerprint density at radius 1 is 0.758 bits per heavy atom. The molecule has 0 radical (unpaired) electrons. The second kappa shape index (κ2) is 9.48. The predicted octanol–water partition coefficient (Wildman–Crippen LogP) is 4.10. The van der Waals surface area contributed by atoms with Crippen LogP contribution in [0.1, 0.15) is 11.1 Å². The summed E-state index contributed by atoms with van der Waals surface area (Å²) in [5, 5.41) is 3.14. The minimum absolute atomic E-state index is 0.165. The first kappa shape index (κ1) is 22.0. The van der Waals surface area contributed by atoms with Crippen LogP contribution in [0.3, 0.4) is 0 Å². The largest absolute Gasteiger partial charge is 0.497 e. The van der Waals surface area contributed by atoms with Crippen molar-refractivity contribution < 1.29 is 23.8 Å². The molecule has 0 saturated heterocycles. The first-order valence-electron chi connectivity index (χ1n) is 10.3. The first-order valence-corrected chi connectivity index (χ1v) is 10.3. The number of carbonyl (C=O) groups excluding carboxylic acids is 2. The first-order chi connectivity index (χ1) is 16.0. The van der Waals surface area contributed by atoms with Crippen molar-refractivity contribution in [3.63, 3.8) is 0 Å². The molecule has 0 bridgehead atoms. The molecule has 0 aromatic heterocycles. The van der Waals surface area contributed by atoms with Gasteiger partial charge in [-0.1, -0.05) is 42.5 Å². The zero-order valence-corrected chi connectivity index (χ0v) is 18.6. The monoisotopic (exact) mass is 444 g/mol. The van der Waals surface area contributed by atoms with Gasteiger partial charge in [0.05, 0.1) is 33.4 Å². The van der Waals surface area contributed by atoms with E-state index in [4.69, 9.17) is 14.2 Å². The summed E-state index contributed by atoms with van der Waals surface area (Å²) < 4.78 is 16.0. The van der Waals surface area contributed by atoms with Gasteiger partial charge in [-0.2, -0.15) is 0 Å². The average molecular weight is 444 g/mol. The summed E-state index contributed by atoms with van der Waals surface area (Å²) in [6.45, 7) is 0.165. The predicted molar refractivity (Wildman–Crippen MR) is 125 cm³/mol. The van der Waals surface area contributed by atoms with Crippen LogP contribution >= 0.6 is 0 Å². The summed E-state index contributed by atoms with van der Waals surface area (Å²) in [5.41, 5.74) is 2.49. The zero-order valence-electron chi connectivity index (χ0n) is 18.6. The number of hydrogen-bond donors (Lipinski definition) is 1. The Morgan fingerprint density at radius 2 is 1.52 bits per heavy atom. The van der Waals surface area contributed by atoms with E-state index in [0.29, 0.717) is 28.5 Å². The highest BCUT2D eigenvalue weighted by atomic mass is 16.5. The molecule has 3 aromatic rings. The number of amides is 2. The summed E-state index contributed by atoms with van der Waals surface area (Å²) >= 11 is 0. The van der Waals surface area contributed by atoms with Crippen molar-refractivity contribution in [1.82, 2.24) is 4.90 Å². The molecule has 0 unspecified atom stereocenters. The number of carbonyl (C=O) groups is 2. The lowest BCUT2D eigenvalue weighted by molar-refractivity contribution is -0.137. The lowest BCUT2D eigenvalue weighted by Gasteiger charge is -2.15.